The Labute approximate surface area is 295 Å². The van der Waals surface area contributed by atoms with Gasteiger partial charge in [-0.25, -0.2) is 9.98 Å². The Balaban J connectivity index is 1.15. The van der Waals surface area contributed by atoms with Gasteiger partial charge in [0, 0.05) is 27.5 Å². The number of benzene rings is 8. The summed E-state index contributed by atoms with van der Waals surface area (Å²) in [5.74, 6) is 1.47. The van der Waals surface area contributed by atoms with Crippen molar-refractivity contribution in [1.29, 1.82) is 0 Å². The quantitative estimate of drug-likeness (QED) is 0.201. The third-order valence-electron chi connectivity index (χ3n) is 9.89. The first-order valence-corrected chi connectivity index (χ1v) is 17.3. The number of fused-ring (bicyclic) bond motifs is 5. The maximum Gasteiger partial charge on any atom is 0.159 e. The number of amidine groups is 2. The monoisotopic (exact) mass is 653 g/mol. The van der Waals surface area contributed by atoms with E-state index in [1.165, 1.54) is 27.3 Å². The number of rotatable bonds is 5. The van der Waals surface area contributed by atoms with Crippen molar-refractivity contribution in [3.8, 4) is 22.3 Å². The van der Waals surface area contributed by atoms with Crippen molar-refractivity contribution in [3.63, 3.8) is 0 Å². The molecule has 51 heavy (non-hydrogen) atoms. The molecule has 1 aliphatic heterocycles. The fraction of sp³-hybridized carbons (Fsp3) is 0.0213. The summed E-state index contributed by atoms with van der Waals surface area (Å²) in [7, 11) is 0. The molecule has 0 aliphatic carbocycles. The minimum Gasteiger partial charge on any atom is -0.456 e. The molecule has 1 unspecified atom stereocenters. The Kier molecular flexibility index (Phi) is 6.85. The molecule has 1 N–H and O–H groups in total. The van der Waals surface area contributed by atoms with Crippen molar-refractivity contribution in [1.82, 2.24) is 5.32 Å². The zero-order valence-electron chi connectivity index (χ0n) is 27.6. The summed E-state index contributed by atoms with van der Waals surface area (Å²) >= 11 is 0. The third kappa shape index (κ3) is 5.25. The molecule has 4 heteroatoms. The fourth-order valence-corrected chi connectivity index (χ4v) is 7.30. The number of aliphatic imine (C=N–C) groups is 2. The summed E-state index contributed by atoms with van der Waals surface area (Å²) in [4.78, 5) is 10.3. The Morgan fingerprint density at radius 3 is 1.75 bits per heavy atom. The largest absolute Gasteiger partial charge is 0.456 e. The van der Waals surface area contributed by atoms with Gasteiger partial charge < -0.3 is 9.73 Å². The summed E-state index contributed by atoms with van der Waals surface area (Å²) in [5.41, 5.74) is 9.23. The lowest BCUT2D eigenvalue weighted by Gasteiger charge is -2.24. The fourth-order valence-electron chi connectivity index (χ4n) is 7.30. The first-order valence-electron chi connectivity index (χ1n) is 17.3. The molecule has 240 valence electrons. The van der Waals surface area contributed by atoms with Gasteiger partial charge >= 0.3 is 0 Å². The zero-order valence-corrected chi connectivity index (χ0v) is 27.6. The lowest BCUT2D eigenvalue weighted by Crippen LogP contribution is -2.33. The Morgan fingerprint density at radius 1 is 0.431 bits per heavy atom. The van der Waals surface area contributed by atoms with E-state index < -0.39 is 6.17 Å². The van der Waals surface area contributed by atoms with Crippen LogP contribution in [0.1, 0.15) is 22.9 Å². The van der Waals surface area contributed by atoms with E-state index in [0.717, 1.165) is 61.0 Å². The molecule has 1 aliphatic rings. The molecule has 1 aromatic heterocycles. The second-order valence-electron chi connectivity index (χ2n) is 13.1. The predicted octanol–water partition coefficient (Wildman–Crippen LogP) is 11.7. The smallest absolute Gasteiger partial charge is 0.159 e. The number of nitrogens with zero attached hydrogens (tertiary/aromatic N) is 2. The van der Waals surface area contributed by atoms with Crippen LogP contribution in [0.3, 0.4) is 0 Å². The van der Waals surface area contributed by atoms with Crippen molar-refractivity contribution in [3.05, 3.63) is 193 Å². The molecule has 0 radical (unpaired) electrons. The van der Waals surface area contributed by atoms with Gasteiger partial charge in [0.2, 0.25) is 0 Å². The zero-order chi connectivity index (χ0) is 33.7. The molecular formula is C47H31N3O. The first kappa shape index (κ1) is 29.2. The van der Waals surface area contributed by atoms with E-state index >= 15 is 0 Å². The predicted molar refractivity (Wildman–Crippen MR) is 211 cm³/mol. The highest BCUT2D eigenvalue weighted by molar-refractivity contribution is 6.15. The minimum absolute atomic E-state index is 0.417. The molecule has 0 amide bonds. The van der Waals surface area contributed by atoms with Gasteiger partial charge in [0.05, 0.1) is 0 Å². The van der Waals surface area contributed by atoms with Crippen LogP contribution in [0, 0.1) is 0 Å². The maximum atomic E-state index is 6.70. The molecule has 0 saturated carbocycles. The summed E-state index contributed by atoms with van der Waals surface area (Å²) in [6.07, 6.45) is -0.417. The van der Waals surface area contributed by atoms with E-state index in [1.54, 1.807) is 0 Å². The van der Waals surface area contributed by atoms with Crippen molar-refractivity contribution < 1.29 is 4.42 Å². The third-order valence-corrected chi connectivity index (χ3v) is 9.89. The highest BCUT2D eigenvalue weighted by Crippen LogP contribution is 2.41. The highest BCUT2D eigenvalue weighted by atomic mass is 16.3. The van der Waals surface area contributed by atoms with Crippen molar-refractivity contribution >= 4 is 55.2 Å². The van der Waals surface area contributed by atoms with Crippen LogP contribution in [0.4, 0.5) is 0 Å². The average Bonchev–Trinajstić information content (AvgIpc) is 3.57. The molecule has 2 heterocycles. The van der Waals surface area contributed by atoms with Gasteiger partial charge in [-0.1, -0.05) is 146 Å². The molecule has 0 spiro atoms. The lowest BCUT2D eigenvalue weighted by molar-refractivity contribution is 0.663. The summed E-state index contributed by atoms with van der Waals surface area (Å²) < 4.78 is 6.70. The van der Waals surface area contributed by atoms with Gasteiger partial charge in [-0.3, -0.25) is 0 Å². The average molecular weight is 654 g/mol. The van der Waals surface area contributed by atoms with Gasteiger partial charge in [-0.15, -0.1) is 0 Å². The van der Waals surface area contributed by atoms with E-state index in [0.29, 0.717) is 5.84 Å². The number of hydrogen-bond donors (Lipinski definition) is 1. The second kappa shape index (κ2) is 12.0. The summed E-state index contributed by atoms with van der Waals surface area (Å²) in [5, 5.41) is 10.6. The topological polar surface area (TPSA) is 49.9 Å². The van der Waals surface area contributed by atoms with Crippen LogP contribution < -0.4 is 5.32 Å². The number of furan rings is 1. The molecule has 0 saturated heterocycles. The number of nitrogens with one attached hydrogen (secondary N) is 1. The van der Waals surface area contributed by atoms with Crippen LogP contribution in [-0.4, -0.2) is 11.7 Å². The lowest BCUT2D eigenvalue weighted by atomic mass is 9.94. The van der Waals surface area contributed by atoms with Gasteiger partial charge in [0.1, 0.15) is 23.2 Å². The van der Waals surface area contributed by atoms with Crippen LogP contribution in [0.25, 0.3) is 65.7 Å². The van der Waals surface area contributed by atoms with Crippen molar-refractivity contribution in [2.75, 3.05) is 0 Å². The minimum atomic E-state index is -0.417. The summed E-state index contributed by atoms with van der Waals surface area (Å²) in [6.45, 7) is 0. The normalized spacial score (nSPS) is 14.5. The Morgan fingerprint density at radius 2 is 1.02 bits per heavy atom. The van der Waals surface area contributed by atoms with E-state index in [9.17, 15) is 0 Å². The van der Waals surface area contributed by atoms with Crippen LogP contribution in [-0.2, 0) is 0 Å². The highest BCUT2D eigenvalue weighted by Gasteiger charge is 2.26. The van der Waals surface area contributed by atoms with Crippen LogP contribution >= 0.6 is 0 Å². The standard InChI is InChI=1S/C47H31N3O/c1-3-12-33(13-4-1)45-48-46(34-14-5-2-6-15-34)50-47(49-45)41-27-39(29-43-44(41)40-26-36-17-9-10-18-37(36)28-42(40)51-43)32-21-19-31(20-22-32)38-24-23-30-11-7-8-16-35(30)25-38/h1-29,47H,(H,48,49,50). The molecule has 0 bridgehead atoms. The van der Waals surface area contributed by atoms with Gasteiger partial charge in [-0.2, -0.15) is 0 Å². The molecular weight excluding hydrogens is 623 g/mol. The summed E-state index contributed by atoms with van der Waals surface area (Å²) in [6, 6.07) is 61.7. The molecule has 4 nitrogen and oxygen atoms in total. The molecule has 8 aromatic carbocycles. The van der Waals surface area contributed by atoms with Gasteiger partial charge in [0.25, 0.3) is 0 Å². The van der Waals surface area contributed by atoms with Crippen LogP contribution in [0.15, 0.2) is 190 Å². The van der Waals surface area contributed by atoms with Crippen LogP contribution in [0.2, 0.25) is 0 Å². The van der Waals surface area contributed by atoms with Crippen molar-refractivity contribution in [2.45, 2.75) is 6.17 Å². The second-order valence-corrected chi connectivity index (χ2v) is 13.1. The van der Waals surface area contributed by atoms with Gasteiger partial charge in [0.15, 0.2) is 5.84 Å². The van der Waals surface area contributed by atoms with E-state index in [2.05, 4.69) is 145 Å². The number of hydrogen-bond acceptors (Lipinski definition) is 4. The molecule has 1 atom stereocenters. The molecule has 0 fully saturated rings. The molecule has 10 rings (SSSR count). The SMILES string of the molecule is c1ccc(C2=NC(c3cc(-c4ccc(-c5ccc6ccccc6c5)cc4)cc4oc5cc6ccccc6cc5c34)NC(c3ccccc3)=N2)cc1. The van der Waals surface area contributed by atoms with E-state index in [1.807, 2.05) is 36.4 Å². The van der Waals surface area contributed by atoms with E-state index in [-0.39, 0.29) is 0 Å². The van der Waals surface area contributed by atoms with Crippen LogP contribution in [0.5, 0.6) is 0 Å². The van der Waals surface area contributed by atoms with Gasteiger partial charge in [-0.05, 0) is 74.1 Å². The van der Waals surface area contributed by atoms with Crippen molar-refractivity contribution in [2.24, 2.45) is 9.98 Å². The maximum absolute atomic E-state index is 6.70. The molecule has 9 aromatic rings. The Bertz CT molecular complexity index is 2820. The first-order chi connectivity index (χ1) is 25.2. The van der Waals surface area contributed by atoms with E-state index in [4.69, 9.17) is 14.4 Å². The Hall–Kier alpha value is -6.78.